The standard InChI is InChI=1S/C24H40/c1-16-10-13-23(3)18(15-16)6-7-19-21(23)11-14-24-12-4-5-17(2)20(24)8-9-22(19)24/h16-22H,4-15H2,1-3H3/t16-,17?,18?,19?,20?,21?,22?,23?,24?/m1/s1. The molecule has 0 heteroatoms. The van der Waals surface area contributed by atoms with Gasteiger partial charge in [0.15, 0.2) is 0 Å². The summed E-state index contributed by atoms with van der Waals surface area (Å²) in [7, 11) is 0. The van der Waals surface area contributed by atoms with Crippen LogP contribution in [0.4, 0.5) is 0 Å². The van der Waals surface area contributed by atoms with Crippen LogP contribution >= 0.6 is 0 Å². The van der Waals surface area contributed by atoms with Crippen molar-refractivity contribution in [3.05, 3.63) is 0 Å². The molecule has 0 aromatic carbocycles. The lowest BCUT2D eigenvalue weighted by Gasteiger charge is -2.62. The highest BCUT2D eigenvalue weighted by atomic mass is 14.7. The summed E-state index contributed by atoms with van der Waals surface area (Å²) in [5.74, 6) is 7.54. The fraction of sp³-hybridized carbons (Fsp3) is 1.00. The fourth-order valence-electron chi connectivity index (χ4n) is 9.63. The molecule has 8 unspecified atom stereocenters. The molecule has 5 saturated carbocycles. The van der Waals surface area contributed by atoms with Crippen molar-refractivity contribution in [3.63, 3.8) is 0 Å². The molecule has 1 spiro atoms. The Morgan fingerprint density at radius 2 is 1.54 bits per heavy atom. The molecular weight excluding hydrogens is 288 g/mol. The number of hydrogen-bond donors (Lipinski definition) is 0. The van der Waals surface area contributed by atoms with E-state index in [1.807, 2.05) is 0 Å². The molecule has 0 nitrogen and oxygen atoms in total. The molecule has 9 atom stereocenters. The van der Waals surface area contributed by atoms with Crippen LogP contribution in [0.5, 0.6) is 0 Å². The monoisotopic (exact) mass is 328 g/mol. The Labute approximate surface area is 150 Å². The van der Waals surface area contributed by atoms with Gasteiger partial charge in [-0.05, 0) is 110 Å². The van der Waals surface area contributed by atoms with Crippen LogP contribution < -0.4 is 0 Å². The first kappa shape index (κ1) is 16.2. The third-order valence-electron chi connectivity index (χ3n) is 10.7. The predicted octanol–water partition coefficient (Wildman–Crippen LogP) is 7.08. The van der Waals surface area contributed by atoms with Gasteiger partial charge in [-0.2, -0.15) is 0 Å². The van der Waals surface area contributed by atoms with E-state index >= 15 is 0 Å². The maximum atomic E-state index is 2.74. The van der Waals surface area contributed by atoms with E-state index in [9.17, 15) is 0 Å². The van der Waals surface area contributed by atoms with E-state index < -0.39 is 0 Å². The first-order chi connectivity index (χ1) is 11.5. The van der Waals surface area contributed by atoms with Gasteiger partial charge in [0.1, 0.15) is 0 Å². The molecule has 136 valence electrons. The SMILES string of the molecule is CC1CCCC23CCC4C(CCC5C[C@H](C)CCC54C)C2CCC13. The lowest BCUT2D eigenvalue weighted by atomic mass is 9.42. The Hall–Kier alpha value is 0. The van der Waals surface area contributed by atoms with Gasteiger partial charge in [0.05, 0.1) is 0 Å². The van der Waals surface area contributed by atoms with Crippen molar-refractivity contribution >= 4 is 0 Å². The van der Waals surface area contributed by atoms with Crippen molar-refractivity contribution in [1.29, 1.82) is 0 Å². The number of fused-ring (bicyclic) bond motifs is 4. The molecule has 5 rings (SSSR count). The zero-order chi connectivity index (χ0) is 16.5. The maximum absolute atomic E-state index is 2.74. The molecule has 0 bridgehead atoms. The van der Waals surface area contributed by atoms with Crippen LogP contribution in [0.1, 0.15) is 97.8 Å². The Bertz CT molecular complexity index is 494. The molecule has 5 aliphatic rings. The summed E-state index contributed by atoms with van der Waals surface area (Å²) < 4.78 is 0. The second-order valence-electron chi connectivity index (χ2n) is 11.4. The van der Waals surface area contributed by atoms with Crippen LogP contribution in [0.2, 0.25) is 0 Å². The Morgan fingerprint density at radius 1 is 0.708 bits per heavy atom. The Balaban J connectivity index is 1.45. The van der Waals surface area contributed by atoms with E-state index in [0.29, 0.717) is 0 Å². The van der Waals surface area contributed by atoms with E-state index in [1.54, 1.807) is 64.2 Å². The maximum Gasteiger partial charge on any atom is -0.0235 e. The lowest BCUT2D eigenvalue weighted by Crippen LogP contribution is -2.54. The zero-order valence-corrected chi connectivity index (χ0v) is 16.5. The van der Waals surface area contributed by atoms with Gasteiger partial charge in [0, 0.05) is 0 Å². The molecule has 5 fully saturated rings. The summed E-state index contributed by atoms with van der Waals surface area (Å²) in [6, 6.07) is 0. The van der Waals surface area contributed by atoms with Gasteiger partial charge in [-0.15, -0.1) is 0 Å². The minimum Gasteiger partial charge on any atom is -0.0625 e. The number of rotatable bonds is 0. The van der Waals surface area contributed by atoms with Crippen LogP contribution in [-0.2, 0) is 0 Å². The van der Waals surface area contributed by atoms with Crippen LogP contribution in [0.25, 0.3) is 0 Å². The molecule has 5 aliphatic carbocycles. The third-order valence-corrected chi connectivity index (χ3v) is 10.7. The second kappa shape index (κ2) is 5.50. The van der Waals surface area contributed by atoms with Gasteiger partial charge in [0.2, 0.25) is 0 Å². The molecule has 0 N–H and O–H groups in total. The summed E-state index contributed by atoms with van der Waals surface area (Å²) in [6.07, 6.45) is 18.9. The van der Waals surface area contributed by atoms with E-state index in [2.05, 4.69) is 20.8 Å². The minimum atomic E-state index is 0.718. The van der Waals surface area contributed by atoms with Gasteiger partial charge in [-0.25, -0.2) is 0 Å². The van der Waals surface area contributed by atoms with Gasteiger partial charge >= 0.3 is 0 Å². The van der Waals surface area contributed by atoms with Gasteiger partial charge in [-0.1, -0.05) is 40.0 Å². The van der Waals surface area contributed by atoms with Crippen molar-refractivity contribution in [2.24, 2.45) is 52.3 Å². The van der Waals surface area contributed by atoms with E-state index in [4.69, 9.17) is 0 Å². The third kappa shape index (κ3) is 2.04. The van der Waals surface area contributed by atoms with Crippen LogP contribution in [0.15, 0.2) is 0 Å². The minimum absolute atomic E-state index is 0.718. The summed E-state index contributed by atoms with van der Waals surface area (Å²) in [4.78, 5) is 0. The van der Waals surface area contributed by atoms with Gasteiger partial charge in [-0.3, -0.25) is 0 Å². The summed E-state index contributed by atoms with van der Waals surface area (Å²) in [6.45, 7) is 7.86. The second-order valence-corrected chi connectivity index (χ2v) is 11.4. The average Bonchev–Trinajstić information content (AvgIpc) is 2.96. The van der Waals surface area contributed by atoms with Crippen molar-refractivity contribution in [2.75, 3.05) is 0 Å². The van der Waals surface area contributed by atoms with Crippen molar-refractivity contribution < 1.29 is 0 Å². The number of hydrogen-bond acceptors (Lipinski definition) is 0. The molecule has 0 radical (unpaired) electrons. The van der Waals surface area contributed by atoms with E-state index in [0.717, 1.165) is 52.3 Å². The highest BCUT2D eigenvalue weighted by molar-refractivity contribution is 5.11. The highest BCUT2D eigenvalue weighted by Crippen LogP contribution is 2.70. The van der Waals surface area contributed by atoms with Crippen LogP contribution in [-0.4, -0.2) is 0 Å². The smallest absolute Gasteiger partial charge is 0.0235 e. The first-order valence-corrected chi connectivity index (χ1v) is 11.5. The molecule has 0 aliphatic heterocycles. The Morgan fingerprint density at radius 3 is 2.42 bits per heavy atom. The average molecular weight is 329 g/mol. The molecule has 0 heterocycles. The van der Waals surface area contributed by atoms with Crippen molar-refractivity contribution in [1.82, 2.24) is 0 Å². The zero-order valence-electron chi connectivity index (χ0n) is 16.5. The van der Waals surface area contributed by atoms with Gasteiger partial charge < -0.3 is 0 Å². The predicted molar refractivity (Wildman–Crippen MR) is 102 cm³/mol. The molecule has 0 aromatic rings. The molecular formula is C24H40. The first-order valence-electron chi connectivity index (χ1n) is 11.5. The van der Waals surface area contributed by atoms with E-state index in [-0.39, 0.29) is 0 Å². The van der Waals surface area contributed by atoms with Crippen molar-refractivity contribution in [2.45, 2.75) is 97.8 Å². The Kier molecular flexibility index (Phi) is 3.71. The summed E-state index contributed by atoms with van der Waals surface area (Å²) in [5.41, 5.74) is 1.53. The van der Waals surface area contributed by atoms with Crippen LogP contribution in [0, 0.1) is 52.3 Å². The normalized spacial score (nSPS) is 59.9. The summed E-state index contributed by atoms with van der Waals surface area (Å²) in [5, 5.41) is 0. The largest absolute Gasteiger partial charge is 0.0625 e. The lowest BCUT2D eigenvalue weighted by molar-refractivity contribution is -0.133. The molecule has 24 heavy (non-hydrogen) atoms. The van der Waals surface area contributed by atoms with Crippen molar-refractivity contribution in [3.8, 4) is 0 Å². The topological polar surface area (TPSA) is 0 Å². The molecule has 0 aromatic heterocycles. The van der Waals surface area contributed by atoms with Gasteiger partial charge in [0.25, 0.3) is 0 Å². The highest BCUT2D eigenvalue weighted by Gasteiger charge is 2.62. The molecule has 0 saturated heterocycles. The van der Waals surface area contributed by atoms with Crippen LogP contribution in [0.3, 0.4) is 0 Å². The quantitative estimate of drug-likeness (QED) is 0.445. The fourth-order valence-corrected chi connectivity index (χ4v) is 9.63. The van der Waals surface area contributed by atoms with E-state index in [1.165, 1.54) is 12.8 Å². The summed E-state index contributed by atoms with van der Waals surface area (Å²) >= 11 is 0. The molecule has 0 amide bonds.